The lowest BCUT2D eigenvalue weighted by atomic mass is 10.1. The predicted molar refractivity (Wildman–Crippen MR) is 86.7 cm³/mol. The molecule has 3 N–H and O–H groups in total. The number of aromatic nitrogens is 1. The van der Waals surface area contributed by atoms with Gasteiger partial charge in [-0.15, -0.1) is 11.3 Å². The first-order valence-corrected chi connectivity index (χ1v) is 8.32. The van der Waals surface area contributed by atoms with Crippen molar-refractivity contribution in [1.82, 2.24) is 10.3 Å². The minimum atomic E-state index is -1.44. The molecule has 0 bridgehead atoms. The van der Waals surface area contributed by atoms with E-state index in [-0.39, 0.29) is 30.3 Å². The van der Waals surface area contributed by atoms with E-state index < -0.39 is 24.3 Å². The zero-order valence-corrected chi connectivity index (χ0v) is 13.9. The number of nitrogens with zero attached hydrogens (tertiary/aromatic N) is 1. The van der Waals surface area contributed by atoms with Gasteiger partial charge in [-0.3, -0.25) is 0 Å². The molecule has 0 saturated carbocycles. The summed E-state index contributed by atoms with van der Waals surface area (Å²) in [6.45, 7) is 0.200. The number of aromatic carboxylic acids is 1. The van der Waals surface area contributed by atoms with Gasteiger partial charge in [0.05, 0.1) is 11.8 Å². The smallest absolute Gasteiger partial charge is 0.407 e. The summed E-state index contributed by atoms with van der Waals surface area (Å²) in [6.07, 6.45) is -3.17. The molecule has 1 aromatic carbocycles. The molecule has 2 atom stereocenters. The number of alkyl carbamates (subject to hydrolysis) is 1. The van der Waals surface area contributed by atoms with Gasteiger partial charge in [0.1, 0.15) is 23.7 Å². The summed E-state index contributed by atoms with van der Waals surface area (Å²) in [5.41, 5.74) is 0.892. The van der Waals surface area contributed by atoms with Crippen LogP contribution in [-0.4, -0.2) is 39.9 Å². The number of hydrogen-bond donors (Lipinski definition) is 3. The number of nitrogens with one attached hydrogen (secondary N) is 1. The minimum Gasteiger partial charge on any atom is -0.542 e. The SMILES string of the molecule is O=C(NCCC(O)C(O)c1csc(C(=O)[O-])n1)OCc1ccccc1. The third-order valence-electron chi connectivity index (χ3n) is 3.29. The second-order valence-electron chi connectivity index (χ2n) is 5.15. The zero-order valence-electron chi connectivity index (χ0n) is 13.1. The van der Waals surface area contributed by atoms with E-state index in [9.17, 15) is 24.9 Å². The highest BCUT2D eigenvalue weighted by Gasteiger charge is 2.21. The van der Waals surface area contributed by atoms with Crippen LogP contribution in [0.1, 0.15) is 33.6 Å². The Kier molecular flexibility index (Phi) is 6.87. The molecule has 1 heterocycles. The topological polar surface area (TPSA) is 132 Å². The normalized spacial score (nSPS) is 13.0. The molecule has 0 aliphatic heterocycles. The van der Waals surface area contributed by atoms with E-state index in [0.717, 1.165) is 16.9 Å². The third-order valence-corrected chi connectivity index (χ3v) is 4.13. The standard InChI is InChI=1S/C16H18N2O6S/c19-12(13(20)11-9-25-14(18-11)15(21)22)6-7-17-16(23)24-8-10-4-2-1-3-5-10/h1-5,9,12-13,19-20H,6-8H2,(H,17,23)(H,21,22)/p-1. The molecule has 2 unspecified atom stereocenters. The van der Waals surface area contributed by atoms with E-state index in [0.29, 0.717) is 0 Å². The molecule has 1 amide bonds. The second-order valence-corrected chi connectivity index (χ2v) is 6.01. The van der Waals surface area contributed by atoms with Crippen LogP contribution in [0.3, 0.4) is 0 Å². The molecule has 2 rings (SSSR count). The monoisotopic (exact) mass is 365 g/mol. The highest BCUT2D eigenvalue weighted by atomic mass is 32.1. The van der Waals surface area contributed by atoms with Gasteiger partial charge in [0.25, 0.3) is 0 Å². The minimum absolute atomic E-state index is 0.0415. The van der Waals surface area contributed by atoms with Gasteiger partial charge in [-0.2, -0.15) is 0 Å². The van der Waals surface area contributed by atoms with E-state index in [1.807, 2.05) is 30.3 Å². The lowest BCUT2D eigenvalue weighted by Crippen LogP contribution is -2.30. The fraction of sp³-hybridized carbons (Fsp3) is 0.312. The number of carbonyl (C=O) groups is 2. The lowest BCUT2D eigenvalue weighted by Gasteiger charge is -2.16. The van der Waals surface area contributed by atoms with Gasteiger partial charge in [0.2, 0.25) is 0 Å². The summed E-state index contributed by atoms with van der Waals surface area (Å²) in [5, 5.41) is 34.0. The maximum Gasteiger partial charge on any atom is 0.407 e. The van der Waals surface area contributed by atoms with Crippen LogP contribution in [0, 0.1) is 0 Å². The molecule has 0 radical (unpaired) electrons. The Morgan fingerprint density at radius 2 is 2.00 bits per heavy atom. The molecule has 134 valence electrons. The summed E-state index contributed by atoms with van der Waals surface area (Å²) in [4.78, 5) is 25.9. The molecule has 1 aromatic heterocycles. The lowest BCUT2D eigenvalue weighted by molar-refractivity contribution is -0.255. The fourth-order valence-electron chi connectivity index (χ4n) is 1.97. The number of carbonyl (C=O) groups excluding carboxylic acids is 2. The van der Waals surface area contributed by atoms with Gasteiger partial charge in [-0.05, 0) is 12.0 Å². The first-order valence-electron chi connectivity index (χ1n) is 7.45. The van der Waals surface area contributed by atoms with Crippen LogP contribution in [-0.2, 0) is 11.3 Å². The number of ether oxygens (including phenoxy) is 1. The zero-order chi connectivity index (χ0) is 18.2. The van der Waals surface area contributed by atoms with Crippen molar-refractivity contribution in [2.45, 2.75) is 25.2 Å². The van der Waals surface area contributed by atoms with Crippen molar-refractivity contribution in [1.29, 1.82) is 0 Å². The Hall–Kier alpha value is -2.49. The van der Waals surface area contributed by atoms with Crippen molar-refractivity contribution in [3.05, 3.63) is 52.0 Å². The number of amides is 1. The van der Waals surface area contributed by atoms with Crippen molar-refractivity contribution in [3.8, 4) is 0 Å². The average molecular weight is 365 g/mol. The molecular weight excluding hydrogens is 348 g/mol. The van der Waals surface area contributed by atoms with Crippen molar-refractivity contribution in [2.75, 3.05) is 6.54 Å². The van der Waals surface area contributed by atoms with Crippen LogP contribution < -0.4 is 10.4 Å². The molecule has 0 aliphatic rings. The van der Waals surface area contributed by atoms with E-state index >= 15 is 0 Å². The number of aliphatic hydroxyl groups excluding tert-OH is 2. The molecule has 0 aliphatic carbocycles. The number of thiazole rings is 1. The Bertz CT molecular complexity index is 706. The highest BCUT2D eigenvalue weighted by Crippen LogP contribution is 2.20. The van der Waals surface area contributed by atoms with Crippen LogP contribution in [0.5, 0.6) is 0 Å². The number of carboxylic acids is 1. The van der Waals surface area contributed by atoms with Crippen molar-refractivity contribution < 1.29 is 29.6 Å². The van der Waals surface area contributed by atoms with Gasteiger partial charge in [-0.1, -0.05) is 30.3 Å². The van der Waals surface area contributed by atoms with Crippen LogP contribution in [0.15, 0.2) is 35.7 Å². The van der Waals surface area contributed by atoms with Crippen molar-refractivity contribution in [2.24, 2.45) is 0 Å². The summed E-state index contributed by atoms with van der Waals surface area (Å²) in [5.74, 6) is -1.44. The Balaban J connectivity index is 1.70. The van der Waals surface area contributed by atoms with Crippen LogP contribution in [0.4, 0.5) is 4.79 Å². The Morgan fingerprint density at radius 1 is 1.28 bits per heavy atom. The summed E-state index contributed by atoms with van der Waals surface area (Å²) in [6, 6.07) is 9.16. The molecule has 25 heavy (non-hydrogen) atoms. The summed E-state index contributed by atoms with van der Waals surface area (Å²) >= 11 is 0.803. The van der Waals surface area contributed by atoms with Crippen LogP contribution in [0.25, 0.3) is 0 Å². The van der Waals surface area contributed by atoms with Crippen molar-refractivity contribution >= 4 is 23.4 Å². The molecule has 0 saturated heterocycles. The van der Waals surface area contributed by atoms with Gasteiger partial charge in [-0.25, -0.2) is 9.78 Å². The summed E-state index contributed by atoms with van der Waals surface area (Å²) < 4.78 is 5.01. The number of aliphatic hydroxyl groups is 2. The van der Waals surface area contributed by atoms with E-state index in [4.69, 9.17) is 4.74 Å². The van der Waals surface area contributed by atoms with Crippen LogP contribution in [0.2, 0.25) is 0 Å². The quantitative estimate of drug-likeness (QED) is 0.609. The van der Waals surface area contributed by atoms with Gasteiger partial charge in [0, 0.05) is 11.9 Å². The molecule has 2 aromatic rings. The van der Waals surface area contributed by atoms with Crippen molar-refractivity contribution in [3.63, 3.8) is 0 Å². The summed E-state index contributed by atoms with van der Waals surface area (Å²) in [7, 11) is 0. The van der Waals surface area contributed by atoms with Gasteiger partial charge in [0.15, 0.2) is 0 Å². The Morgan fingerprint density at radius 3 is 2.64 bits per heavy atom. The number of benzene rings is 1. The maximum absolute atomic E-state index is 11.6. The van der Waals surface area contributed by atoms with Crippen LogP contribution >= 0.6 is 11.3 Å². The first-order chi connectivity index (χ1) is 12.0. The molecule has 8 nitrogen and oxygen atoms in total. The largest absolute Gasteiger partial charge is 0.542 e. The highest BCUT2D eigenvalue weighted by molar-refractivity contribution is 7.11. The first kappa shape index (κ1) is 18.8. The maximum atomic E-state index is 11.6. The predicted octanol–water partition coefficient (Wildman–Crippen LogP) is 0.217. The Labute approximate surface area is 147 Å². The molecular formula is C16H17N2O6S-. The average Bonchev–Trinajstić information content (AvgIpc) is 3.10. The number of carboxylic acid groups (broad SMARTS) is 1. The molecule has 9 heteroatoms. The number of rotatable bonds is 8. The third kappa shape index (κ3) is 5.82. The second kappa shape index (κ2) is 9.11. The molecule has 0 spiro atoms. The van der Waals surface area contributed by atoms with E-state index in [2.05, 4.69) is 10.3 Å². The fourth-order valence-corrected chi connectivity index (χ4v) is 2.65. The van der Waals surface area contributed by atoms with E-state index in [1.165, 1.54) is 5.38 Å². The van der Waals surface area contributed by atoms with E-state index in [1.54, 1.807) is 0 Å². The number of hydrogen-bond acceptors (Lipinski definition) is 8. The van der Waals surface area contributed by atoms with Gasteiger partial charge >= 0.3 is 6.09 Å². The molecule has 0 fully saturated rings. The van der Waals surface area contributed by atoms with Gasteiger partial charge < -0.3 is 30.2 Å².